The van der Waals surface area contributed by atoms with E-state index in [1.807, 2.05) is 48.5 Å². The molecule has 0 atom stereocenters. The number of nitrogens with zero attached hydrogens (tertiary/aromatic N) is 1. The first-order valence-electron chi connectivity index (χ1n) is 7.71. The van der Waals surface area contributed by atoms with Crippen molar-refractivity contribution in [1.82, 2.24) is 0 Å². The van der Waals surface area contributed by atoms with Gasteiger partial charge in [0.2, 0.25) is 0 Å². The summed E-state index contributed by atoms with van der Waals surface area (Å²) in [5.74, 6) is 0.492. The van der Waals surface area contributed by atoms with Crippen molar-refractivity contribution in [3.05, 3.63) is 94.8 Å². The first-order valence-corrected chi connectivity index (χ1v) is 8.09. The maximum Gasteiger partial charge on any atom is 0.123 e. The van der Waals surface area contributed by atoms with Crippen LogP contribution < -0.4 is 10.2 Å². The fourth-order valence-electron chi connectivity index (χ4n) is 2.15. The lowest BCUT2D eigenvalue weighted by atomic mass is 10.2. The molecule has 3 rings (SSSR count). The first-order chi connectivity index (χ1) is 12.2. The van der Waals surface area contributed by atoms with Gasteiger partial charge in [-0.25, -0.2) is 4.39 Å². The van der Waals surface area contributed by atoms with E-state index in [0.717, 1.165) is 22.6 Å². The van der Waals surface area contributed by atoms with Crippen molar-refractivity contribution in [3.8, 4) is 5.75 Å². The summed E-state index contributed by atoms with van der Waals surface area (Å²) in [7, 11) is 0. The highest BCUT2D eigenvalue weighted by molar-refractivity contribution is 6.30. The summed E-state index contributed by atoms with van der Waals surface area (Å²) in [6, 6.07) is 21.2. The lowest BCUT2D eigenvalue weighted by Crippen LogP contribution is -1.95. The van der Waals surface area contributed by atoms with Gasteiger partial charge in [-0.3, -0.25) is 5.43 Å². The van der Waals surface area contributed by atoms with Crippen molar-refractivity contribution >= 4 is 23.5 Å². The summed E-state index contributed by atoms with van der Waals surface area (Å²) in [5, 5.41) is 4.82. The van der Waals surface area contributed by atoms with Crippen LogP contribution in [-0.4, -0.2) is 6.21 Å². The molecule has 0 aliphatic carbocycles. The van der Waals surface area contributed by atoms with Crippen molar-refractivity contribution < 1.29 is 9.13 Å². The molecule has 0 heterocycles. The average molecular weight is 355 g/mol. The Morgan fingerprint density at radius 2 is 1.76 bits per heavy atom. The normalized spacial score (nSPS) is 10.8. The SMILES string of the molecule is Fc1ccc(NN=Cc2ccc(OCc3cccc(Cl)c3)cc2)cc1. The minimum absolute atomic E-state index is 0.275. The summed E-state index contributed by atoms with van der Waals surface area (Å²) in [6.07, 6.45) is 1.68. The molecule has 0 aliphatic heterocycles. The van der Waals surface area contributed by atoms with Gasteiger partial charge in [0.15, 0.2) is 0 Å². The summed E-state index contributed by atoms with van der Waals surface area (Å²) in [5.41, 5.74) is 5.50. The predicted octanol–water partition coefficient (Wildman–Crippen LogP) is 5.50. The van der Waals surface area contributed by atoms with Crippen LogP contribution in [0, 0.1) is 5.82 Å². The topological polar surface area (TPSA) is 33.6 Å². The van der Waals surface area contributed by atoms with Crippen LogP contribution in [0.2, 0.25) is 5.02 Å². The monoisotopic (exact) mass is 354 g/mol. The zero-order valence-electron chi connectivity index (χ0n) is 13.3. The third-order valence-electron chi connectivity index (χ3n) is 3.43. The van der Waals surface area contributed by atoms with E-state index in [2.05, 4.69) is 10.5 Å². The van der Waals surface area contributed by atoms with Gasteiger partial charge in [0.1, 0.15) is 18.2 Å². The zero-order chi connectivity index (χ0) is 17.5. The van der Waals surface area contributed by atoms with E-state index >= 15 is 0 Å². The van der Waals surface area contributed by atoms with E-state index < -0.39 is 0 Å². The molecule has 3 nitrogen and oxygen atoms in total. The van der Waals surface area contributed by atoms with Crippen molar-refractivity contribution in [3.63, 3.8) is 0 Å². The van der Waals surface area contributed by atoms with E-state index in [1.54, 1.807) is 18.3 Å². The third kappa shape index (κ3) is 5.33. The van der Waals surface area contributed by atoms with Crippen LogP contribution in [0.25, 0.3) is 0 Å². The Labute approximate surface area is 150 Å². The highest BCUT2D eigenvalue weighted by Gasteiger charge is 1.98. The Bertz CT molecular complexity index is 848. The van der Waals surface area contributed by atoms with Crippen LogP contribution in [0.1, 0.15) is 11.1 Å². The van der Waals surface area contributed by atoms with Crippen LogP contribution in [0.4, 0.5) is 10.1 Å². The average Bonchev–Trinajstić information content (AvgIpc) is 2.63. The summed E-state index contributed by atoms with van der Waals surface area (Å²) < 4.78 is 18.6. The molecule has 126 valence electrons. The zero-order valence-corrected chi connectivity index (χ0v) is 14.1. The van der Waals surface area contributed by atoms with Crippen LogP contribution in [0.5, 0.6) is 5.75 Å². The Morgan fingerprint density at radius 3 is 2.48 bits per heavy atom. The molecule has 0 bridgehead atoms. The van der Waals surface area contributed by atoms with Gasteiger partial charge in [0, 0.05) is 5.02 Å². The Morgan fingerprint density at radius 1 is 1.00 bits per heavy atom. The second-order valence-electron chi connectivity index (χ2n) is 5.36. The van der Waals surface area contributed by atoms with Gasteiger partial charge in [0.25, 0.3) is 0 Å². The van der Waals surface area contributed by atoms with E-state index in [0.29, 0.717) is 11.6 Å². The fourth-order valence-corrected chi connectivity index (χ4v) is 2.36. The van der Waals surface area contributed by atoms with Gasteiger partial charge in [0.05, 0.1) is 11.9 Å². The van der Waals surface area contributed by atoms with E-state index in [9.17, 15) is 4.39 Å². The molecule has 3 aromatic rings. The molecule has 3 aromatic carbocycles. The van der Waals surface area contributed by atoms with Crippen LogP contribution in [0.3, 0.4) is 0 Å². The summed E-state index contributed by atoms with van der Waals surface area (Å²) in [6.45, 7) is 0.458. The molecule has 0 saturated heterocycles. The number of hydrazone groups is 1. The summed E-state index contributed by atoms with van der Waals surface area (Å²) in [4.78, 5) is 0. The molecule has 0 radical (unpaired) electrons. The van der Waals surface area contributed by atoms with E-state index in [-0.39, 0.29) is 5.82 Å². The smallest absolute Gasteiger partial charge is 0.123 e. The molecule has 0 unspecified atom stereocenters. The molecule has 0 spiro atoms. The standard InChI is InChI=1S/C20H16ClFN2O/c21-17-3-1-2-16(12-17)14-25-20-10-4-15(5-11-20)13-23-24-19-8-6-18(22)7-9-19/h1-13,24H,14H2. The Balaban J connectivity index is 1.53. The third-order valence-corrected chi connectivity index (χ3v) is 3.66. The molecule has 1 N–H and O–H groups in total. The predicted molar refractivity (Wildman–Crippen MR) is 99.8 cm³/mol. The molecule has 25 heavy (non-hydrogen) atoms. The van der Waals surface area contributed by atoms with Gasteiger partial charge in [-0.15, -0.1) is 0 Å². The first kappa shape index (κ1) is 17.0. The number of hydrogen-bond acceptors (Lipinski definition) is 3. The fraction of sp³-hybridized carbons (Fsp3) is 0.0500. The van der Waals surface area contributed by atoms with Gasteiger partial charge >= 0.3 is 0 Å². The maximum atomic E-state index is 12.8. The quantitative estimate of drug-likeness (QED) is 0.468. The van der Waals surface area contributed by atoms with Crippen LogP contribution >= 0.6 is 11.6 Å². The lowest BCUT2D eigenvalue weighted by Gasteiger charge is -2.07. The van der Waals surface area contributed by atoms with Crippen LogP contribution in [-0.2, 0) is 6.61 Å². The van der Waals surface area contributed by atoms with E-state index in [4.69, 9.17) is 16.3 Å². The van der Waals surface area contributed by atoms with Gasteiger partial charge < -0.3 is 4.74 Å². The maximum absolute atomic E-state index is 12.8. The lowest BCUT2D eigenvalue weighted by molar-refractivity contribution is 0.306. The molecule has 0 fully saturated rings. The molecule has 0 amide bonds. The van der Waals surface area contributed by atoms with Gasteiger partial charge in [-0.05, 0) is 71.8 Å². The second-order valence-corrected chi connectivity index (χ2v) is 5.80. The molecular weight excluding hydrogens is 339 g/mol. The molecule has 0 saturated carbocycles. The molecule has 0 aromatic heterocycles. The van der Waals surface area contributed by atoms with Gasteiger partial charge in [-0.1, -0.05) is 23.7 Å². The minimum atomic E-state index is -0.275. The number of rotatable bonds is 6. The summed E-state index contributed by atoms with van der Waals surface area (Å²) >= 11 is 5.95. The number of benzene rings is 3. The number of ether oxygens (including phenoxy) is 1. The molecular formula is C20H16ClFN2O. The Kier molecular flexibility index (Phi) is 5.65. The van der Waals surface area contributed by atoms with Gasteiger partial charge in [-0.2, -0.15) is 5.10 Å². The Hall–Kier alpha value is -2.85. The van der Waals surface area contributed by atoms with Crippen molar-refractivity contribution in [1.29, 1.82) is 0 Å². The molecule has 5 heteroatoms. The van der Waals surface area contributed by atoms with Crippen LogP contribution in [0.15, 0.2) is 77.9 Å². The largest absolute Gasteiger partial charge is 0.489 e. The second kappa shape index (κ2) is 8.31. The van der Waals surface area contributed by atoms with Crippen molar-refractivity contribution in [2.24, 2.45) is 5.10 Å². The van der Waals surface area contributed by atoms with E-state index in [1.165, 1.54) is 12.1 Å². The minimum Gasteiger partial charge on any atom is -0.489 e. The number of anilines is 1. The van der Waals surface area contributed by atoms with Crippen molar-refractivity contribution in [2.45, 2.75) is 6.61 Å². The number of halogens is 2. The van der Waals surface area contributed by atoms with Crippen molar-refractivity contribution in [2.75, 3.05) is 5.43 Å². The molecule has 0 aliphatic rings. The number of nitrogens with one attached hydrogen (secondary N) is 1. The highest BCUT2D eigenvalue weighted by Crippen LogP contribution is 2.16. The highest BCUT2D eigenvalue weighted by atomic mass is 35.5. The number of hydrogen-bond donors (Lipinski definition) is 1.